The van der Waals surface area contributed by atoms with Crippen molar-refractivity contribution in [2.75, 3.05) is 18.4 Å². The van der Waals surface area contributed by atoms with E-state index in [0.717, 1.165) is 63.7 Å². The number of anilines is 1. The number of hydrogen-bond acceptors (Lipinski definition) is 6. The Hall–Kier alpha value is -3.58. The van der Waals surface area contributed by atoms with Gasteiger partial charge in [-0.05, 0) is 54.8 Å². The predicted molar refractivity (Wildman–Crippen MR) is 145 cm³/mol. The van der Waals surface area contributed by atoms with E-state index in [1.165, 1.54) is 24.8 Å². The molecule has 0 spiro atoms. The molecule has 0 radical (unpaired) electrons. The maximum absolute atomic E-state index is 5.26. The summed E-state index contributed by atoms with van der Waals surface area (Å²) in [7, 11) is 0. The summed E-state index contributed by atoms with van der Waals surface area (Å²) in [5.41, 5.74) is 5.21. The Morgan fingerprint density at radius 2 is 1.89 bits per heavy atom. The molecule has 2 aliphatic rings. The lowest BCUT2D eigenvalue weighted by Crippen LogP contribution is -2.49. The fourth-order valence-electron chi connectivity index (χ4n) is 5.92. The second-order valence-corrected chi connectivity index (χ2v) is 11.1. The second kappa shape index (κ2) is 8.23. The van der Waals surface area contributed by atoms with Crippen LogP contribution in [0.25, 0.3) is 44.2 Å². The first-order valence-corrected chi connectivity index (χ1v) is 13.1. The number of piperidine rings is 1. The van der Waals surface area contributed by atoms with Crippen molar-refractivity contribution in [3.8, 4) is 11.4 Å². The topological polar surface area (TPSA) is 91.4 Å². The molecule has 1 aliphatic heterocycles. The quantitative estimate of drug-likeness (QED) is 0.304. The molecule has 1 aliphatic carbocycles. The lowest BCUT2D eigenvalue weighted by molar-refractivity contribution is 0.236. The molecule has 1 saturated heterocycles. The van der Waals surface area contributed by atoms with Crippen molar-refractivity contribution in [2.45, 2.75) is 51.5 Å². The van der Waals surface area contributed by atoms with E-state index in [9.17, 15) is 0 Å². The lowest BCUT2D eigenvalue weighted by atomic mass is 9.78. The average molecular weight is 478 g/mol. The average Bonchev–Trinajstić information content (AvgIpc) is 3.23. The van der Waals surface area contributed by atoms with E-state index in [0.29, 0.717) is 17.8 Å². The van der Waals surface area contributed by atoms with Crippen molar-refractivity contribution >= 4 is 38.7 Å². The van der Waals surface area contributed by atoms with Crippen molar-refractivity contribution in [3.63, 3.8) is 0 Å². The van der Waals surface area contributed by atoms with E-state index in [4.69, 9.17) is 9.97 Å². The number of pyridine rings is 2. The Morgan fingerprint density at radius 3 is 2.72 bits per heavy atom. The maximum atomic E-state index is 5.26. The molecule has 2 fully saturated rings. The van der Waals surface area contributed by atoms with Gasteiger partial charge in [0.2, 0.25) is 0 Å². The number of para-hydroxylation sites is 1. The number of hydrogen-bond donors (Lipinski definition) is 3. The number of benzene rings is 1. The van der Waals surface area contributed by atoms with Crippen molar-refractivity contribution < 1.29 is 0 Å². The first-order valence-electron chi connectivity index (χ1n) is 13.1. The third-order valence-electron chi connectivity index (χ3n) is 8.27. The molecule has 182 valence electrons. The molecule has 36 heavy (non-hydrogen) atoms. The Labute approximate surface area is 210 Å². The van der Waals surface area contributed by atoms with Crippen LogP contribution in [0.5, 0.6) is 0 Å². The molecule has 1 aromatic carbocycles. The molecule has 1 atom stereocenters. The zero-order valence-electron chi connectivity index (χ0n) is 20.8. The Kier molecular flexibility index (Phi) is 4.96. The van der Waals surface area contributed by atoms with Crippen LogP contribution in [0.3, 0.4) is 0 Å². The van der Waals surface area contributed by atoms with Crippen molar-refractivity contribution in [1.82, 2.24) is 30.2 Å². The van der Waals surface area contributed by atoms with Crippen LogP contribution in [0.1, 0.15) is 51.0 Å². The third kappa shape index (κ3) is 3.45. The molecule has 5 heterocycles. The molecule has 7 nitrogen and oxygen atoms in total. The third-order valence-corrected chi connectivity index (χ3v) is 8.27. The molecule has 0 bridgehead atoms. The minimum Gasteiger partial charge on any atom is -0.366 e. The number of aromatic amines is 1. The zero-order valence-corrected chi connectivity index (χ0v) is 20.8. The van der Waals surface area contributed by atoms with Gasteiger partial charge in [0.15, 0.2) is 5.82 Å². The minimum atomic E-state index is 0.111. The van der Waals surface area contributed by atoms with Crippen LogP contribution in [0.15, 0.2) is 48.9 Å². The van der Waals surface area contributed by atoms with Gasteiger partial charge in [-0.15, -0.1) is 0 Å². The lowest BCUT2D eigenvalue weighted by Gasteiger charge is -2.40. The fourth-order valence-corrected chi connectivity index (χ4v) is 5.92. The second-order valence-electron chi connectivity index (χ2n) is 11.1. The zero-order chi connectivity index (χ0) is 24.3. The van der Waals surface area contributed by atoms with Crippen LogP contribution in [-0.2, 0) is 0 Å². The summed E-state index contributed by atoms with van der Waals surface area (Å²) >= 11 is 0. The van der Waals surface area contributed by atoms with Crippen LogP contribution in [0.4, 0.5) is 5.82 Å². The number of nitrogens with one attached hydrogen (secondary N) is 3. The summed E-state index contributed by atoms with van der Waals surface area (Å²) < 4.78 is 0. The fraction of sp³-hybridized carbons (Fsp3) is 0.379. The highest BCUT2D eigenvalue weighted by Gasteiger charge is 2.34. The monoisotopic (exact) mass is 477 g/mol. The molecule has 7 rings (SSSR count). The molecule has 3 N–H and O–H groups in total. The first-order chi connectivity index (χ1) is 17.6. The van der Waals surface area contributed by atoms with Crippen LogP contribution in [-0.4, -0.2) is 44.1 Å². The van der Waals surface area contributed by atoms with E-state index in [1.807, 2.05) is 30.7 Å². The summed E-state index contributed by atoms with van der Waals surface area (Å²) in [6, 6.07) is 10.7. The molecule has 5 aromatic rings. The highest BCUT2D eigenvalue weighted by molar-refractivity contribution is 6.12. The van der Waals surface area contributed by atoms with Gasteiger partial charge in [-0.1, -0.05) is 38.5 Å². The predicted octanol–water partition coefficient (Wildman–Crippen LogP) is 5.79. The molecule has 4 aromatic heterocycles. The summed E-state index contributed by atoms with van der Waals surface area (Å²) in [6.45, 7) is 6.65. The van der Waals surface area contributed by atoms with Crippen molar-refractivity contribution in [1.29, 1.82) is 0 Å². The van der Waals surface area contributed by atoms with Gasteiger partial charge in [-0.25, -0.2) is 15.0 Å². The van der Waals surface area contributed by atoms with Gasteiger partial charge in [-0.2, -0.15) is 0 Å². The Bertz CT molecular complexity index is 1600. The van der Waals surface area contributed by atoms with Gasteiger partial charge in [0, 0.05) is 52.2 Å². The number of aromatic nitrogens is 5. The molecular formula is C29H31N7. The number of rotatable bonds is 4. The summed E-state index contributed by atoms with van der Waals surface area (Å²) in [6.07, 6.45) is 10.5. The summed E-state index contributed by atoms with van der Waals surface area (Å²) in [5.74, 6) is 2.18. The van der Waals surface area contributed by atoms with Gasteiger partial charge in [0.25, 0.3) is 0 Å². The number of fused-ring (bicyclic) bond motifs is 4. The summed E-state index contributed by atoms with van der Waals surface area (Å²) in [5, 5.41) is 10.8. The van der Waals surface area contributed by atoms with E-state index >= 15 is 0 Å². The molecular weight excluding hydrogens is 446 g/mol. The molecule has 1 saturated carbocycles. The first kappa shape index (κ1) is 21.7. The minimum absolute atomic E-state index is 0.111. The largest absolute Gasteiger partial charge is 0.366 e. The van der Waals surface area contributed by atoms with Gasteiger partial charge >= 0.3 is 0 Å². The van der Waals surface area contributed by atoms with Gasteiger partial charge in [0.1, 0.15) is 11.5 Å². The molecule has 7 heteroatoms. The van der Waals surface area contributed by atoms with Crippen LogP contribution in [0.2, 0.25) is 0 Å². The highest BCUT2D eigenvalue weighted by atomic mass is 15.1. The molecule has 0 amide bonds. The highest BCUT2D eigenvalue weighted by Crippen LogP contribution is 2.42. The van der Waals surface area contributed by atoms with E-state index in [2.05, 4.69) is 57.6 Å². The van der Waals surface area contributed by atoms with Crippen LogP contribution >= 0.6 is 0 Å². The van der Waals surface area contributed by atoms with Crippen molar-refractivity contribution in [3.05, 3.63) is 54.5 Å². The Balaban J connectivity index is 1.46. The standard InChI is InChI=1S/C29H31N7/c1-29(2)16-30-12-11-23(29)35-28-25-20(17-6-5-7-17)14-31-15-22(25)34-26(36-28)19-10-13-32-27-24(19)18-8-3-4-9-21(18)33-27/h3-4,8-10,13-15,17,23,30H,5-7,11-12,16H2,1-2H3,(H,32,33)(H,34,35,36). The van der Waals surface area contributed by atoms with E-state index < -0.39 is 0 Å². The van der Waals surface area contributed by atoms with Gasteiger partial charge in [-0.3, -0.25) is 4.98 Å². The van der Waals surface area contributed by atoms with E-state index in [-0.39, 0.29) is 5.41 Å². The van der Waals surface area contributed by atoms with Crippen molar-refractivity contribution in [2.24, 2.45) is 5.41 Å². The normalized spacial score (nSPS) is 20.1. The Morgan fingerprint density at radius 1 is 1.00 bits per heavy atom. The SMILES string of the molecule is CC1(C)CNCCC1Nc1nc(-c2ccnc3[nH]c4ccccc4c23)nc2cncc(C3CCC3)c12. The van der Waals surface area contributed by atoms with Gasteiger partial charge < -0.3 is 15.6 Å². The van der Waals surface area contributed by atoms with Crippen LogP contribution in [0, 0.1) is 5.41 Å². The van der Waals surface area contributed by atoms with Gasteiger partial charge in [0.05, 0.1) is 11.7 Å². The maximum Gasteiger partial charge on any atom is 0.163 e. The van der Waals surface area contributed by atoms with E-state index in [1.54, 1.807) is 0 Å². The summed E-state index contributed by atoms with van der Waals surface area (Å²) in [4.78, 5) is 23.1. The van der Waals surface area contributed by atoms with Crippen LogP contribution < -0.4 is 10.6 Å². The number of nitrogens with zero attached hydrogens (tertiary/aromatic N) is 4. The number of H-pyrrole nitrogens is 1. The molecule has 1 unspecified atom stereocenters. The smallest absolute Gasteiger partial charge is 0.163 e.